The van der Waals surface area contributed by atoms with E-state index in [4.69, 9.17) is 30.1 Å². The molecule has 1 amide bonds. The van der Waals surface area contributed by atoms with Crippen molar-refractivity contribution in [3.8, 4) is 6.07 Å². The first-order valence-corrected chi connectivity index (χ1v) is 16.3. The van der Waals surface area contributed by atoms with Gasteiger partial charge in [0, 0.05) is 15.9 Å². The zero-order chi connectivity index (χ0) is 32.7. The molecule has 13 heteroatoms. The number of amides is 1. The predicted octanol–water partition coefficient (Wildman–Crippen LogP) is 7.57. The normalized spacial score (nSPS) is 13.0. The highest BCUT2D eigenvalue weighted by Crippen LogP contribution is 2.62. The maximum Gasteiger partial charge on any atom is 0.353 e. The molecule has 0 aliphatic carbocycles. The molecule has 0 saturated carbocycles. The van der Waals surface area contributed by atoms with E-state index in [9.17, 15) is 24.2 Å². The van der Waals surface area contributed by atoms with Crippen LogP contribution in [0.25, 0.3) is 16.2 Å². The van der Waals surface area contributed by atoms with Gasteiger partial charge in [0.05, 0.1) is 22.5 Å². The molecule has 0 bridgehead atoms. The van der Waals surface area contributed by atoms with Crippen LogP contribution in [0.15, 0.2) is 54.0 Å². The van der Waals surface area contributed by atoms with E-state index in [2.05, 4.69) is 5.32 Å². The predicted molar refractivity (Wildman–Crippen MR) is 169 cm³/mol. The fraction of sp³-hybridized carbons (Fsp3) is 0.355. The lowest BCUT2D eigenvalue weighted by Gasteiger charge is -2.27. The number of ether oxygens (including phenoxy) is 2. The molecule has 2 aromatic carbocycles. The van der Waals surface area contributed by atoms with E-state index < -0.39 is 55.5 Å². The fourth-order valence-corrected chi connectivity index (χ4v) is 6.55. The molecule has 3 rings (SSSR count). The van der Waals surface area contributed by atoms with Gasteiger partial charge >= 0.3 is 19.5 Å². The SMILES string of the molecule is CC(C)(C)C(=O)OCOP(=O)(OCOC(=O)C(C)(C)C)C(C(=O)N/C=C/c1cccc(C#N)c1)c1csc2ccc(Cl)cc12. The van der Waals surface area contributed by atoms with Crippen LogP contribution in [0.3, 0.4) is 0 Å². The molecular formula is C31H34ClN2O8PS. The molecule has 1 atom stereocenters. The minimum atomic E-state index is -4.62. The lowest BCUT2D eigenvalue weighted by atomic mass is 9.98. The summed E-state index contributed by atoms with van der Waals surface area (Å²) < 4.78 is 36.9. The third kappa shape index (κ3) is 9.24. The first kappa shape index (κ1) is 35.0. The van der Waals surface area contributed by atoms with Crippen molar-refractivity contribution in [2.45, 2.75) is 47.2 Å². The number of thiophene rings is 1. The number of nitrogens with zero attached hydrogens (tertiary/aromatic N) is 1. The first-order chi connectivity index (χ1) is 20.5. The average molecular weight is 661 g/mol. The van der Waals surface area contributed by atoms with Crippen LogP contribution in [-0.2, 0) is 37.5 Å². The Morgan fingerprint density at radius 2 is 1.61 bits per heavy atom. The quantitative estimate of drug-likeness (QED) is 0.125. The van der Waals surface area contributed by atoms with Crippen molar-refractivity contribution in [1.82, 2.24) is 5.32 Å². The van der Waals surface area contributed by atoms with Gasteiger partial charge in [0.25, 0.3) is 0 Å². The molecule has 0 saturated heterocycles. The Morgan fingerprint density at radius 1 is 1.00 bits per heavy atom. The Labute approximate surface area is 265 Å². The van der Waals surface area contributed by atoms with Crippen molar-refractivity contribution >= 4 is 64.5 Å². The van der Waals surface area contributed by atoms with Crippen molar-refractivity contribution in [1.29, 1.82) is 5.26 Å². The lowest BCUT2D eigenvalue weighted by molar-refractivity contribution is -0.162. The van der Waals surface area contributed by atoms with Gasteiger partial charge in [0.1, 0.15) is 0 Å². The summed E-state index contributed by atoms with van der Waals surface area (Å²) in [6.07, 6.45) is 2.89. The van der Waals surface area contributed by atoms with Crippen molar-refractivity contribution < 1.29 is 37.5 Å². The van der Waals surface area contributed by atoms with Gasteiger partial charge in [0.15, 0.2) is 5.66 Å². The molecule has 0 fully saturated rings. The second kappa shape index (κ2) is 14.5. The van der Waals surface area contributed by atoms with Crippen LogP contribution in [0.1, 0.15) is 63.9 Å². The van der Waals surface area contributed by atoms with Gasteiger partial charge in [-0.05, 0) is 99.8 Å². The smallest absolute Gasteiger partial charge is 0.353 e. The highest BCUT2D eigenvalue weighted by Gasteiger charge is 2.45. The molecule has 1 aromatic heterocycles. The van der Waals surface area contributed by atoms with Gasteiger partial charge in [-0.15, -0.1) is 11.3 Å². The molecular weight excluding hydrogens is 627 g/mol. The van der Waals surface area contributed by atoms with Crippen molar-refractivity contribution in [2.24, 2.45) is 10.8 Å². The van der Waals surface area contributed by atoms with Gasteiger partial charge in [-0.25, -0.2) is 0 Å². The van der Waals surface area contributed by atoms with Gasteiger partial charge in [-0.3, -0.25) is 28.0 Å². The average Bonchev–Trinajstić information content (AvgIpc) is 3.34. The van der Waals surface area contributed by atoms with E-state index in [1.807, 2.05) is 6.07 Å². The molecule has 1 unspecified atom stereocenters. The van der Waals surface area contributed by atoms with Crippen LogP contribution in [0.2, 0.25) is 5.02 Å². The third-order valence-electron chi connectivity index (χ3n) is 6.01. The van der Waals surface area contributed by atoms with Crippen molar-refractivity contribution in [3.05, 3.63) is 75.8 Å². The van der Waals surface area contributed by atoms with Gasteiger partial charge in [0.2, 0.25) is 19.5 Å². The summed E-state index contributed by atoms with van der Waals surface area (Å²) in [6, 6.07) is 13.8. The molecule has 10 nitrogen and oxygen atoms in total. The second-order valence-corrected chi connectivity index (χ2v) is 15.2. The monoisotopic (exact) mass is 660 g/mol. The van der Waals surface area contributed by atoms with E-state index in [1.165, 1.54) is 17.5 Å². The molecule has 3 aromatic rings. The number of carbonyl (C=O) groups is 3. The Balaban J connectivity index is 2.02. The molecule has 0 spiro atoms. The molecule has 44 heavy (non-hydrogen) atoms. The molecule has 1 heterocycles. The minimum absolute atomic E-state index is 0.275. The molecule has 234 valence electrons. The fourth-order valence-electron chi connectivity index (χ4n) is 3.62. The topological polar surface area (TPSA) is 141 Å². The summed E-state index contributed by atoms with van der Waals surface area (Å²) in [5, 5.41) is 14.3. The Kier molecular flexibility index (Phi) is 11.5. The number of halogens is 1. The number of rotatable bonds is 11. The number of nitriles is 1. The van der Waals surface area contributed by atoms with Crippen LogP contribution in [0, 0.1) is 22.2 Å². The second-order valence-electron chi connectivity index (χ2n) is 11.7. The van der Waals surface area contributed by atoms with Gasteiger partial charge in [-0.1, -0.05) is 23.7 Å². The van der Waals surface area contributed by atoms with E-state index in [0.717, 1.165) is 4.70 Å². The number of carbonyl (C=O) groups excluding carboxylic acids is 3. The summed E-state index contributed by atoms with van der Waals surface area (Å²) in [5.41, 5.74) is -2.04. The summed E-state index contributed by atoms with van der Waals surface area (Å²) in [4.78, 5) is 38.7. The van der Waals surface area contributed by atoms with Gasteiger partial charge < -0.3 is 14.8 Å². The van der Waals surface area contributed by atoms with Crippen molar-refractivity contribution in [3.63, 3.8) is 0 Å². The van der Waals surface area contributed by atoms with E-state index in [1.54, 1.807) is 95.5 Å². The maximum absolute atomic E-state index is 14.6. The van der Waals surface area contributed by atoms with Crippen LogP contribution in [-0.4, -0.2) is 31.4 Å². The summed E-state index contributed by atoms with van der Waals surface area (Å²) >= 11 is 7.55. The van der Waals surface area contributed by atoms with Crippen LogP contribution < -0.4 is 5.32 Å². The summed E-state index contributed by atoms with van der Waals surface area (Å²) in [6.45, 7) is 8.19. The third-order valence-corrected chi connectivity index (χ3v) is 9.30. The molecule has 0 radical (unpaired) electrons. The Bertz CT molecular complexity index is 1610. The van der Waals surface area contributed by atoms with Crippen LogP contribution in [0.4, 0.5) is 0 Å². The Hall–Kier alpha value is -3.52. The maximum atomic E-state index is 14.6. The van der Waals surface area contributed by atoms with Gasteiger partial charge in [-0.2, -0.15) is 5.26 Å². The number of hydrogen-bond donors (Lipinski definition) is 1. The van der Waals surface area contributed by atoms with E-state index >= 15 is 0 Å². The number of nitrogens with one attached hydrogen (secondary N) is 1. The van der Waals surface area contributed by atoms with E-state index in [-0.39, 0.29) is 5.56 Å². The molecule has 0 aliphatic heterocycles. The number of fused-ring (bicyclic) bond motifs is 1. The highest BCUT2D eigenvalue weighted by atomic mass is 35.5. The largest absolute Gasteiger partial charge is 0.438 e. The molecule has 1 N–H and O–H groups in total. The van der Waals surface area contributed by atoms with E-state index in [0.29, 0.717) is 21.5 Å². The van der Waals surface area contributed by atoms with Crippen LogP contribution >= 0.6 is 30.5 Å². The zero-order valence-corrected chi connectivity index (χ0v) is 27.7. The lowest BCUT2D eigenvalue weighted by Crippen LogP contribution is -2.29. The van der Waals surface area contributed by atoms with Crippen molar-refractivity contribution in [2.75, 3.05) is 13.6 Å². The number of hydrogen-bond acceptors (Lipinski definition) is 10. The number of benzene rings is 2. The first-order valence-electron chi connectivity index (χ1n) is 13.4. The number of esters is 2. The minimum Gasteiger partial charge on any atom is -0.438 e. The van der Waals surface area contributed by atoms with Crippen LogP contribution in [0.5, 0.6) is 0 Å². The highest BCUT2D eigenvalue weighted by molar-refractivity contribution is 7.55. The standard InChI is InChI=1S/C31H34ClN2O8PS/c1-30(2,3)28(36)39-18-41-43(38,42-19-40-29(37)31(4,5)6)26(24-17-44-25-11-10-22(32)15-23(24)25)27(35)34-13-12-20-8-7-9-21(14-20)16-33/h7-15,17,26H,18-19H2,1-6H3,(H,34,35)/b13-12+. The molecule has 0 aliphatic rings. The zero-order valence-electron chi connectivity index (χ0n) is 25.2. The Morgan fingerprint density at radius 3 is 2.18 bits per heavy atom. The summed E-state index contributed by atoms with van der Waals surface area (Å²) in [5.74, 6) is -2.07. The summed E-state index contributed by atoms with van der Waals surface area (Å²) in [7, 11) is -4.62.